The van der Waals surface area contributed by atoms with Crippen LogP contribution in [-0.2, 0) is 6.54 Å². The second-order valence-corrected chi connectivity index (χ2v) is 5.39. The van der Waals surface area contributed by atoms with Crippen LogP contribution in [0, 0.1) is 0 Å². The molecule has 0 amide bonds. The zero-order valence-corrected chi connectivity index (χ0v) is 11.5. The Morgan fingerprint density at radius 2 is 2.11 bits per heavy atom. The van der Waals surface area contributed by atoms with E-state index < -0.39 is 0 Å². The van der Waals surface area contributed by atoms with E-state index in [0.29, 0.717) is 11.6 Å². The number of methoxy groups -OCH3 is 1. The van der Waals surface area contributed by atoms with E-state index in [2.05, 4.69) is 5.32 Å². The van der Waals surface area contributed by atoms with Crippen molar-refractivity contribution in [3.05, 3.63) is 28.8 Å². The van der Waals surface area contributed by atoms with Crippen LogP contribution >= 0.6 is 11.6 Å². The number of ether oxygens (including phenoxy) is 1. The van der Waals surface area contributed by atoms with Gasteiger partial charge in [0.25, 0.3) is 0 Å². The summed E-state index contributed by atoms with van der Waals surface area (Å²) in [5.41, 5.74) is 0.914. The van der Waals surface area contributed by atoms with E-state index >= 15 is 0 Å². The van der Waals surface area contributed by atoms with E-state index in [4.69, 9.17) is 16.3 Å². The normalized spacial score (nSPS) is 17.9. The molecule has 2 rings (SSSR count). The lowest BCUT2D eigenvalue weighted by atomic mass is 9.98. The van der Waals surface area contributed by atoms with Gasteiger partial charge in [-0.25, -0.2) is 0 Å². The van der Waals surface area contributed by atoms with E-state index in [1.807, 2.05) is 18.2 Å². The summed E-state index contributed by atoms with van der Waals surface area (Å²) < 4.78 is 5.32. The standard InChI is InChI=1S/C14H20ClNO2/c1-18-13-5-4-12(15)8-11(13)9-16-14(10-17)6-2-3-7-14/h4-5,8,16-17H,2-3,6-7,9-10H2,1H3. The highest BCUT2D eigenvalue weighted by Crippen LogP contribution is 2.30. The maximum atomic E-state index is 9.56. The average Bonchev–Trinajstić information content (AvgIpc) is 2.86. The second-order valence-electron chi connectivity index (χ2n) is 4.96. The molecule has 0 radical (unpaired) electrons. The summed E-state index contributed by atoms with van der Waals surface area (Å²) in [6, 6.07) is 5.61. The molecule has 1 aliphatic carbocycles. The zero-order valence-electron chi connectivity index (χ0n) is 10.7. The fourth-order valence-electron chi connectivity index (χ4n) is 2.61. The molecule has 0 aliphatic heterocycles. The quantitative estimate of drug-likeness (QED) is 0.864. The summed E-state index contributed by atoms with van der Waals surface area (Å²) >= 11 is 6.01. The molecule has 0 bridgehead atoms. The van der Waals surface area contributed by atoms with Crippen molar-refractivity contribution in [2.24, 2.45) is 0 Å². The molecule has 0 aromatic heterocycles. The number of aliphatic hydroxyl groups is 1. The Balaban J connectivity index is 2.07. The largest absolute Gasteiger partial charge is 0.496 e. The molecule has 1 aromatic rings. The van der Waals surface area contributed by atoms with Crippen molar-refractivity contribution in [1.29, 1.82) is 0 Å². The number of nitrogens with one attached hydrogen (secondary N) is 1. The highest BCUT2D eigenvalue weighted by Gasteiger charge is 2.32. The zero-order chi connectivity index (χ0) is 13.0. The lowest BCUT2D eigenvalue weighted by molar-refractivity contribution is 0.162. The van der Waals surface area contributed by atoms with Crippen molar-refractivity contribution in [2.75, 3.05) is 13.7 Å². The Labute approximate surface area is 113 Å². The van der Waals surface area contributed by atoms with Crippen molar-refractivity contribution in [3.8, 4) is 5.75 Å². The monoisotopic (exact) mass is 269 g/mol. The van der Waals surface area contributed by atoms with E-state index in [1.165, 1.54) is 12.8 Å². The highest BCUT2D eigenvalue weighted by molar-refractivity contribution is 6.30. The van der Waals surface area contributed by atoms with Crippen LogP contribution in [0.1, 0.15) is 31.2 Å². The first-order valence-electron chi connectivity index (χ1n) is 6.37. The van der Waals surface area contributed by atoms with Gasteiger partial charge < -0.3 is 15.2 Å². The molecule has 1 aromatic carbocycles. The maximum Gasteiger partial charge on any atom is 0.123 e. The average molecular weight is 270 g/mol. The highest BCUT2D eigenvalue weighted by atomic mass is 35.5. The van der Waals surface area contributed by atoms with Gasteiger partial charge in [0.05, 0.1) is 13.7 Å². The number of benzene rings is 1. The number of rotatable bonds is 5. The smallest absolute Gasteiger partial charge is 0.123 e. The van der Waals surface area contributed by atoms with Crippen LogP contribution in [0.15, 0.2) is 18.2 Å². The molecule has 100 valence electrons. The summed E-state index contributed by atoms with van der Waals surface area (Å²) in [5.74, 6) is 0.831. The molecule has 1 saturated carbocycles. The molecule has 4 heteroatoms. The Kier molecular flexibility index (Phi) is 4.49. The van der Waals surface area contributed by atoms with Gasteiger partial charge in [-0.3, -0.25) is 0 Å². The fraction of sp³-hybridized carbons (Fsp3) is 0.571. The topological polar surface area (TPSA) is 41.5 Å². The van der Waals surface area contributed by atoms with Crippen molar-refractivity contribution >= 4 is 11.6 Å². The number of hydrogen-bond acceptors (Lipinski definition) is 3. The van der Waals surface area contributed by atoms with Gasteiger partial charge in [-0.1, -0.05) is 24.4 Å². The van der Waals surface area contributed by atoms with Crippen LogP contribution in [0.25, 0.3) is 0 Å². The van der Waals surface area contributed by atoms with Gasteiger partial charge in [0, 0.05) is 22.7 Å². The molecule has 0 heterocycles. The van der Waals surface area contributed by atoms with Gasteiger partial charge in [0.1, 0.15) is 5.75 Å². The lowest BCUT2D eigenvalue weighted by Crippen LogP contribution is -2.45. The molecule has 3 nitrogen and oxygen atoms in total. The minimum absolute atomic E-state index is 0.118. The van der Waals surface area contributed by atoms with Crippen LogP contribution in [0.3, 0.4) is 0 Å². The predicted octanol–water partition coefficient (Wildman–Crippen LogP) is 2.74. The number of halogens is 1. The Morgan fingerprint density at radius 3 is 2.72 bits per heavy atom. The molecule has 0 saturated heterocycles. The van der Waals surface area contributed by atoms with Crippen molar-refractivity contribution in [2.45, 2.75) is 37.8 Å². The second kappa shape index (κ2) is 5.91. The summed E-state index contributed by atoms with van der Waals surface area (Å²) in [5, 5.41) is 13.7. The van der Waals surface area contributed by atoms with E-state index in [1.54, 1.807) is 7.11 Å². The van der Waals surface area contributed by atoms with Gasteiger partial charge in [0.15, 0.2) is 0 Å². The van der Waals surface area contributed by atoms with Gasteiger partial charge >= 0.3 is 0 Å². The first-order valence-corrected chi connectivity index (χ1v) is 6.75. The fourth-order valence-corrected chi connectivity index (χ4v) is 2.81. The molecule has 0 unspecified atom stereocenters. The summed E-state index contributed by atoms with van der Waals surface area (Å²) in [6.45, 7) is 0.861. The van der Waals surface area contributed by atoms with Gasteiger partial charge in [-0.15, -0.1) is 0 Å². The van der Waals surface area contributed by atoms with Crippen LogP contribution in [0.4, 0.5) is 0 Å². The predicted molar refractivity (Wildman–Crippen MR) is 73.1 cm³/mol. The van der Waals surface area contributed by atoms with E-state index in [-0.39, 0.29) is 12.1 Å². The molecular weight excluding hydrogens is 250 g/mol. The van der Waals surface area contributed by atoms with E-state index in [9.17, 15) is 5.11 Å². The molecule has 0 spiro atoms. The van der Waals surface area contributed by atoms with Crippen molar-refractivity contribution in [1.82, 2.24) is 5.32 Å². The van der Waals surface area contributed by atoms with Crippen LogP contribution < -0.4 is 10.1 Å². The van der Waals surface area contributed by atoms with Gasteiger partial charge in [-0.05, 0) is 31.0 Å². The summed E-state index contributed by atoms with van der Waals surface area (Å²) in [7, 11) is 1.66. The van der Waals surface area contributed by atoms with Gasteiger partial charge in [0.2, 0.25) is 0 Å². The Morgan fingerprint density at radius 1 is 1.39 bits per heavy atom. The maximum absolute atomic E-state index is 9.56. The number of aliphatic hydroxyl groups excluding tert-OH is 1. The van der Waals surface area contributed by atoms with Gasteiger partial charge in [-0.2, -0.15) is 0 Å². The molecule has 0 atom stereocenters. The third-order valence-electron chi connectivity index (χ3n) is 3.76. The minimum Gasteiger partial charge on any atom is -0.496 e. The van der Waals surface area contributed by atoms with Crippen LogP contribution in [-0.4, -0.2) is 24.4 Å². The Hall–Kier alpha value is -0.770. The first kappa shape index (κ1) is 13.7. The third-order valence-corrected chi connectivity index (χ3v) is 3.99. The molecule has 2 N–H and O–H groups in total. The number of hydrogen-bond donors (Lipinski definition) is 2. The molecule has 18 heavy (non-hydrogen) atoms. The molecular formula is C14H20ClNO2. The van der Waals surface area contributed by atoms with Crippen molar-refractivity contribution < 1.29 is 9.84 Å². The minimum atomic E-state index is -0.118. The van der Waals surface area contributed by atoms with Crippen LogP contribution in [0.2, 0.25) is 5.02 Å². The van der Waals surface area contributed by atoms with Crippen LogP contribution in [0.5, 0.6) is 5.75 Å². The SMILES string of the molecule is COc1ccc(Cl)cc1CNC1(CO)CCCC1. The first-order chi connectivity index (χ1) is 8.69. The van der Waals surface area contributed by atoms with E-state index in [0.717, 1.165) is 24.2 Å². The third kappa shape index (κ3) is 2.97. The molecule has 1 aliphatic rings. The summed E-state index contributed by atoms with van der Waals surface area (Å²) in [6.07, 6.45) is 4.43. The molecule has 1 fully saturated rings. The summed E-state index contributed by atoms with van der Waals surface area (Å²) in [4.78, 5) is 0. The lowest BCUT2D eigenvalue weighted by Gasteiger charge is -2.28. The Bertz CT molecular complexity index is 403. The van der Waals surface area contributed by atoms with Crippen molar-refractivity contribution in [3.63, 3.8) is 0 Å².